The summed E-state index contributed by atoms with van der Waals surface area (Å²) in [5, 5.41) is 4.66. The Balaban J connectivity index is 1.11. The van der Waals surface area contributed by atoms with Crippen molar-refractivity contribution < 1.29 is 4.42 Å². The monoisotopic (exact) mass is 729 g/mol. The zero-order chi connectivity index (χ0) is 38.1. The molecule has 0 aliphatic heterocycles. The van der Waals surface area contributed by atoms with Crippen molar-refractivity contribution in [3.63, 3.8) is 0 Å². The third kappa shape index (κ3) is 5.48. The lowest BCUT2D eigenvalue weighted by Gasteiger charge is -2.28. The van der Waals surface area contributed by atoms with Gasteiger partial charge >= 0.3 is 0 Å². The third-order valence-electron chi connectivity index (χ3n) is 12.1. The molecular weight excluding hydrogens is 691 g/mol. The average molecular weight is 730 g/mol. The van der Waals surface area contributed by atoms with Crippen LogP contribution in [0.1, 0.15) is 25.0 Å². The Morgan fingerprint density at radius 2 is 0.982 bits per heavy atom. The maximum Gasteiger partial charge on any atom is 0.159 e. The van der Waals surface area contributed by atoms with Crippen LogP contribution in [0.5, 0.6) is 0 Å². The quantitative estimate of drug-likeness (QED) is 0.169. The molecule has 1 aliphatic rings. The van der Waals surface area contributed by atoms with Crippen molar-refractivity contribution in [3.05, 3.63) is 211 Å². The zero-order valence-electron chi connectivity index (χ0n) is 31.9. The number of rotatable bonds is 6. The molecule has 0 saturated heterocycles. The summed E-state index contributed by atoms with van der Waals surface area (Å²) in [4.78, 5) is 2.40. The van der Waals surface area contributed by atoms with Crippen molar-refractivity contribution >= 4 is 49.8 Å². The summed E-state index contributed by atoms with van der Waals surface area (Å²) in [5.74, 6) is 0. The molecule has 10 aromatic rings. The number of nitrogens with zero attached hydrogens (tertiary/aromatic N) is 1. The molecule has 0 saturated carbocycles. The molecule has 57 heavy (non-hydrogen) atoms. The Hall–Kier alpha value is -7.16. The Morgan fingerprint density at radius 3 is 1.77 bits per heavy atom. The van der Waals surface area contributed by atoms with Crippen LogP contribution < -0.4 is 4.90 Å². The van der Waals surface area contributed by atoms with E-state index in [0.717, 1.165) is 44.6 Å². The lowest BCUT2D eigenvalue weighted by Crippen LogP contribution is -2.16. The van der Waals surface area contributed by atoms with Gasteiger partial charge in [0.2, 0.25) is 0 Å². The van der Waals surface area contributed by atoms with Crippen molar-refractivity contribution in [3.8, 4) is 44.5 Å². The van der Waals surface area contributed by atoms with E-state index in [4.69, 9.17) is 4.42 Å². The van der Waals surface area contributed by atoms with Crippen molar-refractivity contribution in [1.29, 1.82) is 0 Å². The zero-order valence-corrected chi connectivity index (χ0v) is 31.9. The molecule has 1 aromatic heterocycles. The van der Waals surface area contributed by atoms with E-state index in [1.54, 1.807) is 0 Å². The molecule has 0 N–H and O–H groups in total. The van der Waals surface area contributed by atoms with Gasteiger partial charge in [-0.1, -0.05) is 166 Å². The van der Waals surface area contributed by atoms with E-state index < -0.39 is 0 Å². The summed E-state index contributed by atoms with van der Waals surface area (Å²) in [7, 11) is 0. The number of benzene rings is 9. The fourth-order valence-electron chi connectivity index (χ4n) is 9.06. The minimum absolute atomic E-state index is 0.148. The van der Waals surface area contributed by atoms with E-state index in [9.17, 15) is 0 Å². The number of hydrogen-bond donors (Lipinski definition) is 0. The normalized spacial score (nSPS) is 12.9. The fraction of sp³-hybridized carbons (Fsp3) is 0.0545. The van der Waals surface area contributed by atoms with Crippen LogP contribution in [-0.2, 0) is 5.41 Å². The van der Waals surface area contributed by atoms with Gasteiger partial charge < -0.3 is 9.32 Å². The molecule has 1 heterocycles. The van der Waals surface area contributed by atoms with E-state index in [-0.39, 0.29) is 5.41 Å². The molecule has 0 radical (unpaired) electrons. The highest BCUT2D eigenvalue weighted by molar-refractivity contribution is 6.12. The van der Waals surface area contributed by atoms with E-state index >= 15 is 0 Å². The summed E-state index contributed by atoms with van der Waals surface area (Å²) in [6.07, 6.45) is 0. The van der Waals surface area contributed by atoms with Crippen molar-refractivity contribution in [2.24, 2.45) is 0 Å². The average Bonchev–Trinajstić information content (AvgIpc) is 3.76. The second-order valence-corrected chi connectivity index (χ2v) is 15.8. The molecule has 9 aromatic carbocycles. The summed E-state index contributed by atoms with van der Waals surface area (Å²) in [5.41, 5.74) is 17.1. The van der Waals surface area contributed by atoms with Crippen LogP contribution in [0, 0.1) is 0 Å². The Kier molecular flexibility index (Phi) is 7.55. The highest BCUT2D eigenvalue weighted by Crippen LogP contribution is 2.52. The number of furan rings is 1. The first-order valence-electron chi connectivity index (χ1n) is 19.7. The van der Waals surface area contributed by atoms with Gasteiger partial charge in [-0.05, 0) is 115 Å². The summed E-state index contributed by atoms with van der Waals surface area (Å²) in [6, 6.07) is 72.7. The predicted molar refractivity (Wildman–Crippen MR) is 240 cm³/mol. The van der Waals surface area contributed by atoms with Crippen LogP contribution >= 0.6 is 0 Å². The minimum Gasteiger partial charge on any atom is -0.454 e. The summed E-state index contributed by atoms with van der Waals surface area (Å²) in [6.45, 7) is 4.70. The highest BCUT2D eigenvalue weighted by atomic mass is 16.3. The van der Waals surface area contributed by atoms with Gasteiger partial charge in [0.1, 0.15) is 5.58 Å². The van der Waals surface area contributed by atoms with E-state index in [1.165, 1.54) is 60.8 Å². The first-order chi connectivity index (χ1) is 28.0. The van der Waals surface area contributed by atoms with Gasteiger partial charge in [-0.3, -0.25) is 0 Å². The molecule has 0 fully saturated rings. The standard InChI is InChI=1S/C55H39NO/c1-55(2)50-18-10-8-16-46(50)47-31-30-45(35-51(47)55)56(44-28-26-40(27-29-44)39-22-20-38(21-23-39)36-12-4-3-5-13-36)52-34-43(42-25-24-37-14-6-7-15-41(37)32-42)33-49-48-17-9-11-19-53(48)57-54(49)52/h3-35H,1-2H3. The van der Waals surface area contributed by atoms with Gasteiger partial charge in [0.05, 0.1) is 5.69 Å². The first kappa shape index (κ1) is 33.2. The molecule has 0 bridgehead atoms. The molecule has 0 unspecified atom stereocenters. The molecule has 0 amide bonds. The SMILES string of the molecule is CC1(C)c2ccccc2-c2ccc(N(c3ccc(-c4ccc(-c5ccccc5)cc4)cc3)c3cc(-c4ccc5ccccc5c4)cc4c3oc3ccccc34)cc21. The van der Waals surface area contributed by atoms with Crippen LogP contribution in [0.4, 0.5) is 17.1 Å². The predicted octanol–water partition coefficient (Wildman–Crippen LogP) is 15.5. The van der Waals surface area contributed by atoms with Crippen molar-refractivity contribution in [2.75, 3.05) is 4.90 Å². The van der Waals surface area contributed by atoms with Crippen LogP contribution in [0.15, 0.2) is 205 Å². The van der Waals surface area contributed by atoms with Crippen molar-refractivity contribution in [2.45, 2.75) is 19.3 Å². The lowest BCUT2D eigenvalue weighted by molar-refractivity contribution is 0.660. The van der Waals surface area contributed by atoms with Gasteiger partial charge in [-0.15, -0.1) is 0 Å². The number of anilines is 3. The summed E-state index contributed by atoms with van der Waals surface area (Å²) >= 11 is 0. The lowest BCUT2D eigenvalue weighted by atomic mass is 9.82. The smallest absolute Gasteiger partial charge is 0.159 e. The third-order valence-corrected chi connectivity index (χ3v) is 12.1. The van der Waals surface area contributed by atoms with E-state index in [1.807, 2.05) is 0 Å². The van der Waals surface area contributed by atoms with Crippen LogP contribution in [0.25, 0.3) is 77.2 Å². The maximum absolute atomic E-state index is 6.85. The molecule has 2 nitrogen and oxygen atoms in total. The van der Waals surface area contributed by atoms with Crippen LogP contribution in [0.3, 0.4) is 0 Å². The van der Waals surface area contributed by atoms with Gasteiger partial charge in [-0.2, -0.15) is 0 Å². The molecule has 2 heteroatoms. The van der Waals surface area contributed by atoms with Crippen LogP contribution in [0.2, 0.25) is 0 Å². The Morgan fingerprint density at radius 1 is 0.386 bits per heavy atom. The summed E-state index contributed by atoms with van der Waals surface area (Å²) < 4.78 is 6.85. The van der Waals surface area contributed by atoms with E-state index in [2.05, 4.69) is 219 Å². The number of hydrogen-bond acceptors (Lipinski definition) is 2. The minimum atomic E-state index is -0.148. The molecule has 270 valence electrons. The Labute approximate surface area is 332 Å². The topological polar surface area (TPSA) is 16.4 Å². The largest absolute Gasteiger partial charge is 0.454 e. The maximum atomic E-state index is 6.85. The highest BCUT2D eigenvalue weighted by Gasteiger charge is 2.36. The van der Waals surface area contributed by atoms with Gasteiger partial charge in [0.15, 0.2) is 5.58 Å². The molecule has 1 aliphatic carbocycles. The fourth-order valence-corrected chi connectivity index (χ4v) is 9.06. The second-order valence-electron chi connectivity index (χ2n) is 15.8. The van der Waals surface area contributed by atoms with Crippen molar-refractivity contribution in [1.82, 2.24) is 0 Å². The first-order valence-corrected chi connectivity index (χ1v) is 19.7. The molecule has 0 spiro atoms. The second kappa shape index (κ2) is 13.0. The Bertz CT molecular complexity index is 3130. The van der Waals surface area contributed by atoms with E-state index in [0.29, 0.717) is 0 Å². The van der Waals surface area contributed by atoms with Crippen LogP contribution in [-0.4, -0.2) is 0 Å². The van der Waals surface area contributed by atoms with Gasteiger partial charge in [-0.25, -0.2) is 0 Å². The molecular formula is C55H39NO. The van der Waals surface area contributed by atoms with Gasteiger partial charge in [0, 0.05) is 27.6 Å². The molecule has 0 atom stereocenters. The molecule has 11 rings (SSSR count). The number of para-hydroxylation sites is 1. The number of fused-ring (bicyclic) bond motifs is 7. The van der Waals surface area contributed by atoms with Gasteiger partial charge in [0.25, 0.3) is 0 Å².